The third-order valence-corrected chi connectivity index (χ3v) is 9.30. The molecule has 8 heteroatoms. The molecule has 0 fully saturated rings. The van der Waals surface area contributed by atoms with Gasteiger partial charge in [0.05, 0.1) is 0 Å². The minimum atomic E-state index is -1.12. The summed E-state index contributed by atoms with van der Waals surface area (Å²) >= 11 is 0. The average molecular weight is 705 g/mol. The third-order valence-electron chi connectivity index (χ3n) is 9.30. The van der Waals surface area contributed by atoms with E-state index in [2.05, 4.69) is 38.2 Å². The van der Waals surface area contributed by atoms with Gasteiger partial charge in [0.2, 0.25) is 11.8 Å². The molecule has 8 nitrogen and oxygen atoms in total. The van der Waals surface area contributed by atoms with Crippen LogP contribution in [0, 0.1) is 0 Å². The number of carbonyl (C=O) groups excluding carboxylic acids is 2. The Morgan fingerprint density at radius 2 is 0.660 bits per heavy atom. The summed E-state index contributed by atoms with van der Waals surface area (Å²) in [6, 6.07) is 0. The lowest BCUT2D eigenvalue weighted by Crippen LogP contribution is -2.44. The number of allylic oxidation sites excluding steroid dienone is 4. The maximum absolute atomic E-state index is 12.9. The maximum atomic E-state index is 12.9. The second kappa shape index (κ2) is 36.2. The molecule has 0 bridgehead atoms. The van der Waals surface area contributed by atoms with Gasteiger partial charge < -0.3 is 20.0 Å². The lowest BCUT2D eigenvalue weighted by atomic mass is 10.1. The lowest BCUT2D eigenvalue weighted by molar-refractivity contribution is -0.147. The highest BCUT2D eigenvalue weighted by Crippen LogP contribution is 2.13. The molecule has 0 saturated heterocycles. The Labute approximate surface area is 306 Å². The fourth-order valence-corrected chi connectivity index (χ4v) is 6.16. The van der Waals surface area contributed by atoms with E-state index in [1.54, 1.807) is 0 Å². The standard InChI is InChI=1S/C42H76N2O6/c1-3-5-7-9-11-13-15-17-19-21-23-25-27-29-31-33-39(45)43(37-41(47)48)35-36-44(38-42(49)50)40(46)34-32-30-28-26-24-22-20-18-16-14-12-10-8-6-4-2/h17-20H,3-16,21-38H2,1-2H3,(H,47,48)(H,49,50)/b19-17-,20-18+. The molecule has 0 radical (unpaired) electrons. The van der Waals surface area contributed by atoms with Crippen molar-refractivity contribution in [3.8, 4) is 0 Å². The van der Waals surface area contributed by atoms with Crippen molar-refractivity contribution >= 4 is 23.8 Å². The van der Waals surface area contributed by atoms with Crippen LogP contribution < -0.4 is 0 Å². The molecule has 2 amide bonds. The van der Waals surface area contributed by atoms with E-state index in [1.807, 2.05) is 0 Å². The van der Waals surface area contributed by atoms with Gasteiger partial charge in [0.1, 0.15) is 13.1 Å². The number of nitrogens with zero attached hydrogens (tertiary/aromatic N) is 2. The highest BCUT2D eigenvalue weighted by molar-refractivity contribution is 5.82. The number of hydrogen-bond donors (Lipinski definition) is 2. The van der Waals surface area contributed by atoms with E-state index < -0.39 is 25.0 Å². The van der Waals surface area contributed by atoms with Crippen LogP contribution in [0.1, 0.15) is 194 Å². The van der Waals surface area contributed by atoms with Gasteiger partial charge in [0.15, 0.2) is 0 Å². The van der Waals surface area contributed by atoms with Gasteiger partial charge in [-0.05, 0) is 64.2 Å². The Hall–Kier alpha value is -2.64. The molecule has 0 aromatic heterocycles. The van der Waals surface area contributed by atoms with E-state index in [4.69, 9.17) is 0 Å². The zero-order valence-corrected chi connectivity index (χ0v) is 32.4. The molecule has 0 saturated carbocycles. The Balaban J connectivity index is 4.25. The number of carboxylic acid groups (broad SMARTS) is 2. The molecule has 2 N–H and O–H groups in total. The molecule has 50 heavy (non-hydrogen) atoms. The Morgan fingerprint density at radius 1 is 0.400 bits per heavy atom. The van der Waals surface area contributed by atoms with Crippen LogP contribution in [-0.2, 0) is 19.2 Å². The first-order valence-electron chi connectivity index (χ1n) is 20.6. The second-order valence-corrected chi connectivity index (χ2v) is 14.1. The van der Waals surface area contributed by atoms with Crippen molar-refractivity contribution in [3.63, 3.8) is 0 Å². The van der Waals surface area contributed by atoms with Crippen molar-refractivity contribution in [2.45, 2.75) is 194 Å². The van der Waals surface area contributed by atoms with Crippen LogP contribution in [0.15, 0.2) is 24.3 Å². The largest absolute Gasteiger partial charge is 0.480 e. The number of amides is 2. The lowest BCUT2D eigenvalue weighted by Gasteiger charge is -2.26. The summed E-state index contributed by atoms with van der Waals surface area (Å²) in [5.74, 6) is -2.75. The van der Waals surface area contributed by atoms with E-state index in [-0.39, 0.29) is 37.7 Å². The van der Waals surface area contributed by atoms with Gasteiger partial charge in [-0.1, -0.05) is 141 Å². The van der Waals surface area contributed by atoms with Gasteiger partial charge in [-0.3, -0.25) is 19.2 Å². The number of carbonyl (C=O) groups is 4. The molecule has 0 unspecified atom stereocenters. The van der Waals surface area contributed by atoms with Gasteiger partial charge in [-0.25, -0.2) is 0 Å². The van der Waals surface area contributed by atoms with Crippen LogP contribution in [-0.4, -0.2) is 69.9 Å². The Bertz CT molecular complexity index is 831. The zero-order valence-electron chi connectivity index (χ0n) is 32.4. The van der Waals surface area contributed by atoms with E-state index >= 15 is 0 Å². The number of aliphatic carboxylic acids is 2. The summed E-state index contributed by atoms with van der Waals surface area (Å²) in [5.41, 5.74) is 0. The summed E-state index contributed by atoms with van der Waals surface area (Å²) in [5, 5.41) is 18.8. The third kappa shape index (κ3) is 32.6. The first-order chi connectivity index (χ1) is 24.3. The highest BCUT2D eigenvalue weighted by Gasteiger charge is 2.21. The smallest absolute Gasteiger partial charge is 0.323 e. The molecule has 0 rings (SSSR count). The molecule has 0 spiro atoms. The molecular formula is C42H76N2O6. The van der Waals surface area contributed by atoms with Gasteiger partial charge in [0.25, 0.3) is 0 Å². The molecule has 0 aliphatic heterocycles. The fourth-order valence-electron chi connectivity index (χ4n) is 6.16. The average Bonchev–Trinajstić information content (AvgIpc) is 3.08. The summed E-state index contributed by atoms with van der Waals surface area (Å²) < 4.78 is 0. The van der Waals surface area contributed by atoms with Gasteiger partial charge in [-0.15, -0.1) is 0 Å². The number of carboxylic acids is 2. The SMILES string of the molecule is CCCCCCCC/C=C\CCCCCCCC(=O)N(CCN(CC(=O)O)C(=O)CCCCCCC/C=C/CCCCCCCC)CC(=O)O. The van der Waals surface area contributed by atoms with Crippen LogP contribution in [0.3, 0.4) is 0 Å². The van der Waals surface area contributed by atoms with Gasteiger partial charge in [-0.2, -0.15) is 0 Å². The predicted octanol–water partition coefficient (Wildman–Crippen LogP) is 10.9. The van der Waals surface area contributed by atoms with Crippen LogP contribution in [0.5, 0.6) is 0 Å². The summed E-state index contributed by atoms with van der Waals surface area (Å²) in [4.78, 5) is 51.2. The van der Waals surface area contributed by atoms with Crippen LogP contribution in [0.2, 0.25) is 0 Å². The van der Waals surface area contributed by atoms with E-state index in [9.17, 15) is 29.4 Å². The normalized spacial score (nSPS) is 11.5. The van der Waals surface area contributed by atoms with Crippen molar-refractivity contribution in [2.75, 3.05) is 26.2 Å². The number of hydrogen-bond acceptors (Lipinski definition) is 4. The summed E-state index contributed by atoms with van der Waals surface area (Å²) in [6.45, 7) is 3.61. The molecule has 290 valence electrons. The minimum absolute atomic E-state index is 0.0155. The van der Waals surface area contributed by atoms with Gasteiger partial charge >= 0.3 is 11.9 Å². The van der Waals surface area contributed by atoms with Crippen LogP contribution in [0.25, 0.3) is 0 Å². The van der Waals surface area contributed by atoms with Crippen molar-refractivity contribution in [2.24, 2.45) is 0 Å². The zero-order chi connectivity index (χ0) is 36.9. The monoisotopic (exact) mass is 705 g/mol. The topological polar surface area (TPSA) is 115 Å². The minimum Gasteiger partial charge on any atom is -0.480 e. The molecule has 0 aliphatic carbocycles. The van der Waals surface area contributed by atoms with Crippen LogP contribution in [0.4, 0.5) is 0 Å². The molecule has 0 aliphatic rings. The van der Waals surface area contributed by atoms with Crippen molar-refractivity contribution in [1.82, 2.24) is 9.80 Å². The molecule has 0 aromatic carbocycles. The van der Waals surface area contributed by atoms with E-state index in [0.29, 0.717) is 12.8 Å². The summed E-state index contributed by atoms with van der Waals surface area (Å²) in [7, 11) is 0. The van der Waals surface area contributed by atoms with E-state index in [0.717, 1.165) is 64.2 Å². The van der Waals surface area contributed by atoms with Crippen LogP contribution >= 0.6 is 0 Å². The van der Waals surface area contributed by atoms with Crippen molar-refractivity contribution in [1.29, 1.82) is 0 Å². The Morgan fingerprint density at radius 3 is 0.940 bits per heavy atom. The second-order valence-electron chi connectivity index (χ2n) is 14.1. The maximum Gasteiger partial charge on any atom is 0.323 e. The quantitative estimate of drug-likeness (QED) is 0.0491. The summed E-state index contributed by atoms with van der Waals surface area (Å²) in [6.07, 6.45) is 39.8. The number of unbranched alkanes of at least 4 members (excludes halogenated alkanes) is 22. The van der Waals surface area contributed by atoms with Crippen molar-refractivity contribution < 1.29 is 29.4 Å². The number of rotatable bonds is 37. The molecule has 0 heterocycles. The van der Waals surface area contributed by atoms with Gasteiger partial charge in [0, 0.05) is 25.9 Å². The molecule has 0 atom stereocenters. The molecular weight excluding hydrogens is 628 g/mol. The Kier molecular flexibility index (Phi) is 34.3. The highest BCUT2D eigenvalue weighted by atomic mass is 16.4. The fraction of sp³-hybridized carbons (Fsp3) is 0.810. The van der Waals surface area contributed by atoms with E-state index in [1.165, 1.54) is 99.7 Å². The predicted molar refractivity (Wildman–Crippen MR) is 207 cm³/mol. The first-order valence-corrected chi connectivity index (χ1v) is 20.6. The van der Waals surface area contributed by atoms with Crippen molar-refractivity contribution in [3.05, 3.63) is 24.3 Å². The molecule has 0 aromatic rings. The first kappa shape index (κ1) is 47.4.